The average Bonchev–Trinajstić information content (AvgIpc) is 2.43. The Balaban J connectivity index is 2.90. The van der Waals surface area contributed by atoms with Gasteiger partial charge in [0.15, 0.2) is 8.32 Å². The molecule has 0 unspecified atom stereocenters. The van der Waals surface area contributed by atoms with Crippen LogP contribution in [-0.2, 0) is 14.0 Å². The number of carbonyl (C=O) groups is 1. The molecular weight excluding hydrogens is 316 g/mol. The molecule has 0 N–H and O–H groups in total. The van der Waals surface area contributed by atoms with Crippen molar-refractivity contribution < 1.29 is 14.0 Å². The lowest BCUT2D eigenvalue weighted by molar-refractivity contribution is -0.148. The second-order valence-corrected chi connectivity index (χ2v) is 12.7. The van der Waals surface area contributed by atoms with Gasteiger partial charge in [0, 0.05) is 0 Å². The molecule has 1 aromatic carbocycles. The first-order valence-corrected chi connectivity index (χ1v) is 11.5. The predicted octanol–water partition coefficient (Wildman–Crippen LogP) is 5.43. The fraction of sp³-hybridized carbons (Fsp3) is 0.550. The summed E-state index contributed by atoms with van der Waals surface area (Å²) in [5.41, 5.74) is 1.10. The fourth-order valence-corrected chi connectivity index (χ4v) is 3.23. The largest absolute Gasteiger partial charge is 0.463 e. The van der Waals surface area contributed by atoms with Gasteiger partial charge in [-0.2, -0.15) is 0 Å². The molecule has 0 bridgehead atoms. The van der Waals surface area contributed by atoms with Gasteiger partial charge in [0.05, 0.1) is 18.6 Å². The Morgan fingerprint density at radius 3 is 2.25 bits per heavy atom. The van der Waals surface area contributed by atoms with Crippen LogP contribution in [0.15, 0.2) is 36.4 Å². The number of hydrogen-bond acceptors (Lipinski definition) is 3. The second-order valence-electron chi connectivity index (χ2n) is 7.93. The standard InChI is InChI=1S/C20H32O3Si/c1-16(2)22-19(21)15-18(23-24(6,7)20(3,4)5)14-13-17-11-9-8-10-12-17/h8-14,16,18H,15H2,1-7H3/t18-/m0/s1. The van der Waals surface area contributed by atoms with Crippen molar-refractivity contribution >= 4 is 20.4 Å². The van der Waals surface area contributed by atoms with Crippen molar-refractivity contribution in [3.05, 3.63) is 42.0 Å². The topological polar surface area (TPSA) is 35.5 Å². The Kier molecular flexibility index (Phi) is 7.43. The highest BCUT2D eigenvalue weighted by Crippen LogP contribution is 2.37. The summed E-state index contributed by atoms with van der Waals surface area (Å²) in [6, 6.07) is 10.0. The molecule has 3 nitrogen and oxygen atoms in total. The molecule has 0 heterocycles. The van der Waals surface area contributed by atoms with Crippen LogP contribution in [-0.4, -0.2) is 26.5 Å². The van der Waals surface area contributed by atoms with Crippen LogP contribution in [0, 0.1) is 0 Å². The van der Waals surface area contributed by atoms with Crippen molar-refractivity contribution in [3.63, 3.8) is 0 Å². The third-order valence-corrected chi connectivity index (χ3v) is 8.79. The van der Waals surface area contributed by atoms with Crippen LogP contribution in [0.1, 0.15) is 46.6 Å². The van der Waals surface area contributed by atoms with E-state index >= 15 is 0 Å². The maximum absolute atomic E-state index is 12.1. The van der Waals surface area contributed by atoms with Gasteiger partial charge in [0.2, 0.25) is 0 Å². The summed E-state index contributed by atoms with van der Waals surface area (Å²) in [5.74, 6) is -0.216. The van der Waals surface area contributed by atoms with Crippen LogP contribution < -0.4 is 0 Å². The van der Waals surface area contributed by atoms with Gasteiger partial charge in [0.25, 0.3) is 0 Å². The molecule has 134 valence electrons. The van der Waals surface area contributed by atoms with Crippen LogP contribution >= 0.6 is 0 Å². The van der Waals surface area contributed by atoms with Gasteiger partial charge in [-0.3, -0.25) is 4.79 Å². The van der Waals surface area contributed by atoms with Crippen LogP contribution in [0.2, 0.25) is 18.1 Å². The van der Waals surface area contributed by atoms with Crippen molar-refractivity contribution in [1.29, 1.82) is 0 Å². The molecule has 0 radical (unpaired) electrons. The van der Waals surface area contributed by atoms with Crippen molar-refractivity contribution in [1.82, 2.24) is 0 Å². The lowest BCUT2D eigenvalue weighted by Crippen LogP contribution is -2.44. The summed E-state index contributed by atoms with van der Waals surface area (Å²) in [5, 5.41) is 0.0911. The summed E-state index contributed by atoms with van der Waals surface area (Å²) in [4.78, 5) is 12.1. The fourth-order valence-electron chi connectivity index (χ4n) is 1.96. The summed E-state index contributed by atoms with van der Waals surface area (Å²) in [6.45, 7) is 14.7. The normalized spacial score (nSPS) is 14.2. The molecule has 0 amide bonds. The Bertz CT molecular complexity index is 542. The lowest BCUT2D eigenvalue weighted by atomic mass is 10.1. The number of carbonyl (C=O) groups excluding carboxylic acids is 1. The third-order valence-electron chi connectivity index (χ3n) is 4.29. The monoisotopic (exact) mass is 348 g/mol. The van der Waals surface area contributed by atoms with Crippen molar-refractivity contribution in [3.8, 4) is 0 Å². The van der Waals surface area contributed by atoms with Crippen molar-refractivity contribution in [2.24, 2.45) is 0 Å². The molecule has 0 spiro atoms. The molecule has 0 aliphatic carbocycles. The van der Waals surface area contributed by atoms with E-state index in [1.165, 1.54) is 0 Å². The number of rotatable bonds is 7. The van der Waals surface area contributed by atoms with Gasteiger partial charge >= 0.3 is 5.97 Å². The zero-order chi connectivity index (χ0) is 18.4. The van der Waals surface area contributed by atoms with Gasteiger partial charge < -0.3 is 9.16 Å². The third kappa shape index (κ3) is 7.01. The molecule has 1 aromatic rings. The van der Waals surface area contributed by atoms with Gasteiger partial charge in [-0.05, 0) is 37.5 Å². The van der Waals surface area contributed by atoms with E-state index in [0.29, 0.717) is 0 Å². The van der Waals surface area contributed by atoms with Crippen molar-refractivity contribution in [2.45, 2.75) is 71.4 Å². The summed E-state index contributed by atoms with van der Waals surface area (Å²) < 4.78 is 11.7. The molecule has 1 rings (SSSR count). The van der Waals surface area contributed by atoms with E-state index in [2.05, 4.69) is 33.9 Å². The first kappa shape index (κ1) is 20.7. The highest BCUT2D eigenvalue weighted by atomic mass is 28.4. The molecular formula is C20H32O3Si. The molecule has 4 heteroatoms. The minimum absolute atomic E-state index is 0.0911. The van der Waals surface area contributed by atoms with Gasteiger partial charge in [-0.25, -0.2) is 0 Å². The highest BCUT2D eigenvalue weighted by Gasteiger charge is 2.39. The summed E-state index contributed by atoms with van der Waals surface area (Å²) in [6.07, 6.45) is 3.87. The van der Waals surface area contributed by atoms with E-state index in [4.69, 9.17) is 9.16 Å². The first-order chi connectivity index (χ1) is 11.0. The van der Waals surface area contributed by atoms with Crippen LogP contribution in [0.3, 0.4) is 0 Å². The van der Waals surface area contributed by atoms with Crippen LogP contribution in [0.4, 0.5) is 0 Å². The molecule has 0 aromatic heterocycles. The Morgan fingerprint density at radius 1 is 1.17 bits per heavy atom. The zero-order valence-electron chi connectivity index (χ0n) is 16.1. The lowest BCUT2D eigenvalue weighted by Gasteiger charge is -2.38. The van der Waals surface area contributed by atoms with Crippen LogP contribution in [0.5, 0.6) is 0 Å². The van der Waals surface area contributed by atoms with Crippen LogP contribution in [0.25, 0.3) is 6.08 Å². The van der Waals surface area contributed by atoms with Gasteiger partial charge in [-0.1, -0.05) is 63.3 Å². The average molecular weight is 349 g/mol. The summed E-state index contributed by atoms with van der Waals surface area (Å²) >= 11 is 0. The van der Waals surface area contributed by atoms with Crippen molar-refractivity contribution in [2.75, 3.05) is 0 Å². The zero-order valence-corrected chi connectivity index (χ0v) is 17.1. The molecule has 0 saturated heterocycles. The van der Waals surface area contributed by atoms with E-state index in [9.17, 15) is 4.79 Å². The van der Waals surface area contributed by atoms with E-state index in [1.54, 1.807) is 0 Å². The highest BCUT2D eigenvalue weighted by molar-refractivity contribution is 6.74. The van der Waals surface area contributed by atoms with E-state index in [-0.39, 0.29) is 29.6 Å². The number of esters is 1. The minimum atomic E-state index is -1.97. The molecule has 1 atom stereocenters. The second kappa shape index (κ2) is 8.63. The number of ether oxygens (including phenoxy) is 1. The molecule has 24 heavy (non-hydrogen) atoms. The predicted molar refractivity (Wildman–Crippen MR) is 103 cm³/mol. The maximum atomic E-state index is 12.1. The van der Waals surface area contributed by atoms with E-state index in [1.807, 2.05) is 56.3 Å². The Labute approximate surface area is 148 Å². The molecule has 0 aliphatic rings. The van der Waals surface area contributed by atoms with Gasteiger partial charge in [-0.15, -0.1) is 0 Å². The Hall–Kier alpha value is -1.39. The summed E-state index contributed by atoms with van der Waals surface area (Å²) in [7, 11) is -1.97. The van der Waals surface area contributed by atoms with E-state index in [0.717, 1.165) is 5.56 Å². The molecule has 0 fully saturated rings. The number of hydrogen-bond donors (Lipinski definition) is 0. The van der Waals surface area contributed by atoms with E-state index < -0.39 is 8.32 Å². The molecule has 0 saturated carbocycles. The maximum Gasteiger partial charge on any atom is 0.308 e. The smallest absolute Gasteiger partial charge is 0.308 e. The first-order valence-electron chi connectivity index (χ1n) is 8.62. The Morgan fingerprint density at radius 2 is 1.75 bits per heavy atom. The minimum Gasteiger partial charge on any atom is -0.463 e. The molecule has 0 aliphatic heterocycles. The SMILES string of the molecule is CC(C)OC(=O)C[C@H](C=Cc1ccccc1)O[Si](C)(C)C(C)(C)C. The number of benzene rings is 1. The quantitative estimate of drug-likeness (QED) is 0.487. The van der Waals surface area contributed by atoms with Gasteiger partial charge in [0.1, 0.15) is 0 Å².